The summed E-state index contributed by atoms with van der Waals surface area (Å²) in [6.45, 7) is 4.28. The van der Waals surface area contributed by atoms with Crippen molar-refractivity contribution >= 4 is 23.2 Å². The van der Waals surface area contributed by atoms with Crippen molar-refractivity contribution in [2.24, 2.45) is 5.84 Å². The Morgan fingerprint density at radius 3 is 2.76 bits per heavy atom. The number of nitrogens with zero attached hydrogens (tertiary/aromatic N) is 2. The number of aromatic nitrogens is 2. The standard InChI is InChI=1S/C15H20Cl2N4/c1-3-10(2)21-7-6-12(20-21)9-15(19-18)13-8-11(16)4-5-14(13)17/h4-8,10,15,19H,3,9,18H2,1-2H3. The molecule has 21 heavy (non-hydrogen) atoms. The van der Waals surface area contributed by atoms with Crippen molar-refractivity contribution in [1.29, 1.82) is 0 Å². The molecule has 0 aliphatic heterocycles. The second-order valence-corrected chi connectivity index (χ2v) is 5.98. The first-order valence-electron chi connectivity index (χ1n) is 7.00. The molecule has 1 aromatic heterocycles. The smallest absolute Gasteiger partial charge is 0.0644 e. The zero-order valence-electron chi connectivity index (χ0n) is 12.2. The summed E-state index contributed by atoms with van der Waals surface area (Å²) in [6.07, 6.45) is 3.69. The average Bonchev–Trinajstić information content (AvgIpc) is 2.95. The molecule has 0 aliphatic carbocycles. The molecule has 1 heterocycles. The predicted molar refractivity (Wildman–Crippen MR) is 87.5 cm³/mol. The van der Waals surface area contributed by atoms with Crippen LogP contribution in [0.3, 0.4) is 0 Å². The van der Waals surface area contributed by atoms with E-state index in [4.69, 9.17) is 29.0 Å². The molecule has 0 amide bonds. The minimum Gasteiger partial charge on any atom is -0.271 e. The molecule has 3 N–H and O–H groups in total. The zero-order valence-corrected chi connectivity index (χ0v) is 13.7. The van der Waals surface area contributed by atoms with E-state index >= 15 is 0 Å². The third kappa shape index (κ3) is 3.98. The molecule has 0 aliphatic rings. The van der Waals surface area contributed by atoms with E-state index in [9.17, 15) is 0 Å². The largest absolute Gasteiger partial charge is 0.271 e. The minimum absolute atomic E-state index is 0.128. The number of hydrogen-bond donors (Lipinski definition) is 2. The lowest BCUT2D eigenvalue weighted by molar-refractivity contribution is 0.467. The van der Waals surface area contributed by atoms with E-state index in [-0.39, 0.29) is 6.04 Å². The Hall–Kier alpha value is -1.07. The van der Waals surface area contributed by atoms with Gasteiger partial charge >= 0.3 is 0 Å². The Labute approximate surface area is 135 Å². The van der Waals surface area contributed by atoms with Gasteiger partial charge in [-0.1, -0.05) is 30.1 Å². The maximum atomic E-state index is 6.23. The van der Waals surface area contributed by atoms with Gasteiger partial charge in [-0.05, 0) is 43.2 Å². The van der Waals surface area contributed by atoms with Crippen molar-refractivity contribution in [2.75, 3.05) is 0 Å². The Morgan fingerprint density at radius 2 is 2.10 bits per heavy atom. The summed E-state index contributed by atoms with van der Waals surface area (Å²) < 4.78 is 1.97. The Kier molecular flexibility index (Phi) is 5.65. The summed E-state index contributed by atoms with van der Waals surface area (Å²) in [7, 11) is 0. The summed E-state index contributed by atoms with van der Waals surface area (Å²) in [5.41, 5.74) is 4.64. The molecule has 2 atom stereocenters. The van der Waals surface area contributed by atoms with Crippen molar-refractivity contribution in [2.45, 2.75) is 38.8 Å². The predicted octanol–water partition coefficient (Wildman–Crippen LogP) is 3.91. The fourth-order valence-electron chi connectivity index (χ4n) is 2.17. The minimum atomic E-state index is -0.128. The summed E-state index contributed by atoms with van der Waals surface area (Å²) in [4.78, 5) is 0. The molecule has 0 saturated heterocycles. The van der Waals surface area contributed by atoms with Gasteiger partial charge in [-0.15, -0.1) is 0 Å². The summed E-state index contributed by atoms with van der Waals surface area (Å²) in [6, 6.07) is 7.64. The molecule has 6 heteroatoms. The third-order valence-electron chi connectivity index (χ3n) is 3.65. The van der Waals surface area contributed by atoms with Gasteiger partial charge in [0.2, 0.25) is 0 Å². The van der Waals surface area contributed by atoms with Crippen LogP contribution in [-0.4, -0.2) is 9.78 Å². The molecule has 0 spiro atoms. The van der Waals surface area contributed by atoms with Crippen LogP contribution >= 0.6 is 23.2 Å². The summed E-state index contributed by atoms with van der Waals surface area (Å²) >= 11 is 12.3. The Balaban J connectivity index is 2.19. The molecule has 0 saturated carbocycles. The first-order valence-corrected chi connectivity index (χ1v) is 7.75. The number of nitrogens with two attached hydrogens (primary N) is 1. The Bertz CT molecular complexity index is 597. The molecular weight excluding hydrogens is 307 g/mol. The van der Waals surface area contributed by atoms with E-state index in [0.717, 1.165) is 17.7 Å². The monoisotopic (exact) mass is 326 g/mol. The van der Waals surface area contributed by atoms with Gasteiger partial charge in [-0.2, -0.15) is 5.10 Å². The van der Waals surface area contributed by atoms with Gasteiger partial charge in [-0.3, -0.25) is 16.0 Å². The first-order chi connectivity index (χ1) is 10.0. The number of nitrogens with one attached hydrogen (secondary N) is 1. The van der Waals surface area contributed by atoms with Crippen molar-refractivity contribution in [1.82, 2.24) is 15.2 Å². The highest BCUT2D eigenvalue weighted by Crippen LogP contribution is 2.28. The first kappa shape index (κ1) is 16.3. The number of rotatable bonds is 6. The van der Waals surface area contributed by atoms with Gasteiger partial charge in [0.05, 0.1) is 11.7 Å². The van der Waals surface area contributed by atoms with Crippen LogP contribution in [0.25, 0.3) is 0 Å². The summed E-state index contributed by atoms with van der Waals surface area (Å²) in [5, 5.41) is 5.87. The van der Waals surface area contributed by atoms with E-state index in [1.54, 1.807) is 12.1 Å². The average molecular weight is 327 g/mol. The lowest BCUT2D eigenvalue weighted by Crippen LogP contribution is -2.30. The zero-order chi connectivity index (χ0) is 15.4. The van der Waals surface area contributed by atoms with Gasteiger partial charge in [0.1, 0.15) is 0 Å². The topological polar surface area (TPSA) is 55.9 Å². The molecule has 0 fully saturated rings. The number of hydrogen-bond acceptors (Lipinski definition) is 3. The number of benzene rings is 1. The van der Waals surface area contributed by atoms with Crippen LogP contribution in [0.15, 0.2) is 30.5 Å². The van der Waals surface area contributed by atoms with Crippen molar-refractivity contribution in [3.05, 3.63) is 51.8 Å². The van der Waals surface area contributed by atoms with Crippen LogP contribution in [0.5, 0.6) is 0 Å². The molecule has 2 unspecified atom stereocenters. The quantitative estimate of drug-likeness (QED) is 0.625. The number of hydrazine groups is 1. The highest BCUT2D eigenvalue weighted by Gasteiger charge is 2.16. The molecule has 4 nitrogen and oxygen atoms in total. The maximum absolute atomic E-state index is 6.23. The van der Waals surface area contributed by atoms with Crippen LogP contribution in [0.4, 0.5) is 0 Å². The highest BCUT2D eigenvalue weighted by atomic mass is 35.5. The second kappa shape index (κ2) is 7.27. The van der Waals surface area contributed by atoms with E-state index in [1.165, 1.54) is 0 Å². The number of halogens is 2. The van der Waals surface area contributed by atoms with Gasteiger partial charge < -0.3 is 0 Å². The van der Waals surface area contributed by atoms with Gasteiger partial charge in [0.25, 0.3) is 0 Å². The molecular formula is C15H20Cl2N4. The fourth-order valence-corrected chi connectivity index (χ4v) is 2.60. The molecule has 0 bridgehead atoms. The molecule has 2 rings (SSSR count). The van der Waals surface area contributed by atoms with Crippen molar-refractivity contribution in [3.8, 4) is 0 Å². The van der Waals surface area contributed by atoms with Gasteiger partial charge in [0.15, 0.2) is 0 Å². The van der Waals surface area contributed by atoms with Crippen LogP contribution < -0.4 is 11.3 Å². The van der Waals surface area contributed by atoms with E-state index in [1.807, 2.05) is 23.0 Å². The normalized spacial score (nSPS) is 14.1. The molecule has 1 aromatic carbocycles. The van der Waals surface area contributed by atoms with Gasteiger partial charge in [-0.25, -0.2) is 0 Å². The highest BCUT2D eigenvalue weighted by molar-refractivity contribution is 6.33. The van der Waals surface area contributed by atoms with Crippen LogP contribution in [0.2, 0.25) is 10.0 Å². The van der Waals surface area contributed by atoms with E-state index < -0.39 is 0 Å². The molecule has 0 radical (unpaired) electrons. The SMILES string of the molecule is CCC(C)n1ccc(CC(NN)c2cc(Cl)ccc2Cl)n1. The fraction of sp³-hybridized carbons (Fsp3) is 0.400. The maximum Gasteiger partial charge on any atom is 0.0644 e. The molecule has 114 valence electrons. The van der Waals surface area contributed by atoms with Crippen LogP contribution in [0.1, 0.15) is 43.6 Å². The second-order valence-electron chi connectivity index (χ2n) is 5.13. The van der Waals surface area contributed by atoms with Crippen LogP contribution in [0, 0.1) is 0 Å². The van der Waals surface area contributed by atoms with E-state index in [2.05, 4.69) is 24.4 Å². The molecule has 2 aromatic rings. The lowest BCUT2D eigenvalue weighted by Gasteiger charge is -2.17. The van der Waals surface area contributed by atoms with Crippen molar-refractivity contribution < 1.29 is 0 Å². The third-order valence-corrected chi connectivity index (χ3v) is 4.23. The summed E-state index contributed by atoms with van der Waals surface area (Å²) in [5.74, 6) is 5.68. The van der Waals surface area contributed by atoms with Gasteiger partial charge in [0, 0.05) is 28.7 Å². The van der Waals surface area contributed by atoms with Crippen molar-refractivity contribution in [3.63, 3.8) is 0 Å². The lowest BCUT2D eigenvalue weighted by atomic mass is 10.0. The van der Waals surface area contributed by atoms with Crippen LogP contribution in [-0.2, 0) is 6.42 Å². The van der Waals surface area contributed by atoms with E-state index in [0.29, 0.717) is 22.5 Å². The Morgan fingerprint density at radius 1 is 1.33 bits per heavy atom.